The first kappa shape index (κ1) is 28.0. The summed E-state index contributed by atoms with van der Waals surface area (Å²) in [6.45, 7) is 1.72. The summed E-state index contributed by atoms with van der Waals surface area (Å²) in [6.07, 6.45) is 7.23. The van der Waals surface area contributed by atoms with Crippen molar-refractivity contribution in [3.8, 4) is 0 Å². The van der Waals surface area contributed by atoms with E-state index in [9.17, 15) is 18.0 Å². The summed E-state index contributed by atoms with van der Waals surface area (Å²) in [5, 5.41) is 3.37. The van der Waals surface area contributed by atoms with Crippen molar-refractivity contribution >= 4 is 39.1 Å². The molecule has 36 heavy (non-hydrogen) atoms. The van der Waals surface area contributed by atoms with Gasteiger partial charge in [0.15, 0.2) is 0 Å². The Morgan fingerprint density at radius 3 is 2.28 bits per heavy atom. The van der Waals surface area contributed by atoms with Gasteiger partial charge in [-0.25, -0.2) is 8.42 Å². The number of carbonyl (C=O) groups excluding carboxylic acids is 2. The molecule has 1 N–H and O–H groups in total. The van der Waals surface area contributed by atoms with Gasteiger partial charge in [0.25, 0.3) is 0 Å². The fourth-order valence-electron chi connectivity index (χ4n) is 4.69. The Hall–Kier alpha value is -2.58. The van der Waals surface area contributed by atoms with E-state index in [4.69, 9.17) is 11.6 Å². The summed E-state index contributed by atoms with van der Waals surface area (Å²) < 4.78 is 26.4. The number of carbonyl (C=O) groups is 2. The average Bonchev–Trinajstić information content (AvgIpc) is 2.86. The van der Waals surface area contributed by atoms with Crippen LogP contribution in [0.25, 0.3) is 0 Å². The molecule has 9 heteroatoms. The highest BCUT2D eigenvalue weighted by Crippen LogP contribution is 2.27. The van der Waals surface area contributed by atoms with E-state index in [1.165, 1.54) is 11.3 Å². The van der Waals surface area contributed by atoms with Crippen molar-refractivity contribution in [2.45, 2.75) is 64.0 Å². The van der Waals surface area contributed by atoms with Crippen molar-refractivity contribution in [1.29, 1.82) is 0 Å². The molecule has 0 aliphatic heterocycles. The van der Waals surface area contributed by atoms with Crippen molar-refractivity contribution in [2.24, 2.45) is 0 Å². The predicted molar refractivity (Wildman–Crippen MR) is 145 cm³/mol. The first-order valence-corrected chi connectivity index (χ1v) is 14.8. The van der Waals surface area contributed by atoms with Crippen LogP contribution in [0.1, 0.15) is 51.0 Å². The number of nitrogens with one attached hydrogen (secondary N) is 1. The number of nitrogens with zero attached hydrogens (tertiary/aromatic N) is 2. The zero-order chi connectivity index (χ0) is 26.1. The second kappa shape index (κ2) is 13.1. The Balaban J connectivity index is 1.86. The smallest absolute Gasteiger partial charge is 0.244 e. The molecular formula is C27H36ClN3O4S. The summed E-state index contributed by atoms with van der Waals surface area (Å²) in [4.78, 5) is 28.6. The van der Waals surface area contributed by atoms with E-state index in [2.05, 4.69) is 5.32 Å². The lowest BCUT2D eigenvalue weighted by atomic mass is 9.95. The van der Waals surface area contributed by atoms with Gasteiger partial charge < -0.3 is 10.2 Å². The molecule has 1 atom stereocenters. The van der Waals surface area contributed by atoms with Gasteiger partial charge in [0.2, 0.25) is 21.8 Å². The van der Waals surface area contributed by atoms with Crippen molar-refractivity contribution in [3.05, 3.63) is 65.2 Å². The fourth-order valence-corrected chi connectivity index (χ4v) is 5.84. The molecule has 1 aliphatic carbocycles. The molecule has 1 saturated carbocycles. The maximum absolute atomic E-state index is 13.7. The molecule has 0 spiro atoms. The minimum Gasteiger partial charge on any atom is -0.352 e. The minimum absolute atomic E-state index is 0.113. The number of hydrogen-bond donors (Lipinski definition) is 1. The maximum Gasteiger partial charge on any atom is 0.244 e. The normalized spacial score (nSPS) is 15.2. The van der Waals surface area contributed by atoms with Crippen LogP contribution in [0, 0.1) is 0 Å². The van der Waals surface area contributed by atoms with E-state index in [-0.39, 0.29) is 22.7 Å². The Morgan fingerprint density at radius 2 is 1.67 bits per heavy atom. The zero-order valence-electron chi connectivity index (χ0n) is 21.0. The van der Waals surface area contributed by atoms with Crippen molar-refractivity contribution in [3.63, 3.8) is 0 Å². The second-order valence-corrected chi connectivity index (χ2v) is 11.6. The van der Waals surface area contributed by atoms with Crippen LogP contribution < -0.4 is 9.62 Å². The first-order valence-electron chi connectivity index (χ1n) is 12.6. The number of para-hydroxylation sites is 1. The third-order valence-electron chi connectivity index (χ3n) is 6.62. The van der Waals surface area contributed by atoms with Gasteiger partial charge in [-0.2, -0.15) is 0 Å². The SMILES string of the molecule is CC[C@@H](C(=O)NC1CCCCC1)N(CCc1ccccc1)C(=O)CN(c1ccccc1Cl)S(C)(=O)=O. The molecule has 2 amide bonds. The van der Waals surface area contributed by atoms with Gasteiger partial charge in [-0.3, -0.25) is 13.9 Å². The lowest BCUT2D eigenvalue weighted by molar-refractivity contribution is -0.140. The highest BCUT2D eigenvalue weighted by Gasteiger charge is 2.32. The lowest BCUT2D eigenvalue weighted by Crippen LogP contribution is -2.54. The van der Waals surface area contributed by atoms with Crippen LogP contribution in [0.2, 0.25) is 5.02 Å². The number of sulfonamides is 1. The van der Waals surface area contributed by atoms with Crippen LogP contribution in [0.3, 0.4) is 0 Å². The van der Waals surface area contributed by atoms with E-state index in [1.54, 1.807) is 24.3 Å². The molecule has 0 bridgehead atoms. The van der Waals surface area contributed by atoms with Crippen LogP contribution in [-0.2, 0) is 26.0 Å². The molecule has 0 radical (unpaired) electrons. The van der Waals surface area contributed by atoms with Crippen molar-refractivity contribution in [1.82, 2.24) is 10.2 Å². The van der Waals surface area contributed by atoms with E-state index < -0.39 is 28.5 Å². The molecule has 2 aromatic carbocycles. The van der Waals surface area contributed by atoms with Crippen LogP contribution >= 0.6 is 11.6 Å². The first-order chi connectivity index (χ1) is 17.2. The molecule has 3 rings (SSSR count). The maximum atomic E-state index is 13.7. The van der Waals surface area contributed by atoms with Gasteiger partial charge >= 0.3 is 0 Å². The highest BCUT2D eigenvalue weighted by atomic mass is 35.5. The van der Waals surface area contributed by atoms with Crippen molar-refractivity contribution < 1.29 is 18.0 Å². The molecular weight excluding hydrogens is 498 g/mol. The van der Waals surface area contributed by atoms with Crippen LogP contribution in [0.4, 0.5) is 5.69 Å². The average molecular weight is 534 g/mol. The Morgan fingerprint density at radius 1 is 1.03 bits per heavy atom. The van der Waals surface area contributed by atoms with Crippen molar-refractivity contribution in [2.75, 3.05) is 23.7 Å². The number of rotatable bonds is 11. The van der Waals surface area contributed by atoms with E-state index >= 15 is 0 Å². The summed E-state index contributed by atoms with van der Waals surface area (Å²) in [5.41, 5.74) is 1.27. The number of halogens is 1. The summed E-state index contributed by atoms with van der Waals surface area (Å²) in [7, 11) is -3.81. The largest absolute Gasteiger partial charge is 0.352 e. The molecule has 0 heterocycles. The van der Waals surface area contributed by atoms with E-state index in [1.807, 2.05) is 37.3 Å². The summed E-state index contributed by atoms with van der Waals surface area (Å²) in [5.74, 6) is -0.628. The van der Waals surface area contributed by atoms with E-state index in [0.717, 1.165) is 41.8 Å². The van der Waals surface area contributed by atoms with Crippen LogP contribution in [0.15, 0.2) is 54.6 Å². The lowest BCUT2D eigenvalue weighted by Gasteiger charge is -2.34. The van der Waals surface area contributed by atoms with Crippen LogP contribution in [0.5, 0.6) is 0 Å². The van der Waals surface area contributed by atoms with Gasteiger partial charge in [0.1, 0.15) is 12.6 Å². The Kier molecular flexibility index (Phi) is 10.2. The molecule has 0 aromatic heterocycles. The summed E-state index contributed by atoms with van der Waals surface area (Å²) in [6, 6.07) is 15.7. The number of amides is 2. The van der Waals surface area contributed by atoms with Gasteiger partial charge in [-0.1, -0.05) is 80.3 Å². The van der Waals surface area contributed by atoms with Gasteiger partial charge in [-0.15, -0.1) is 0 Å². The third kappa shape index (κ3) is 7.71. The predicted octanol–water partition coefficient (Wildman–Crippen LogP) is 4.40. The molecule has 7 nitrogen and oxygen atoms in total. The molecule has 0 saturated heterocycles. The molecule has 1 fully saturated rings. The van der Waals surface area contributed by atoms with Gasteiger partial charge in [0, 0.05) is 12.6 Å². The quantitative estimate of drug-likeness (QED) is 0.463. The van der Waals surface area contributed by atoms with Gasteiger partial charge in [-0.05, 0) is 43.4 Å². The number of hydrogen-bond acceptors (Lipinski definition) is 4. The number of benzene rings is 2. The topological polar surface area (TPSA) is 86.8 Å². The standard InChI is InChI=1S/C27H36ClN3O4S/c1-3-24(27(33)29-22-14-8-5-9-15-22)30(19-18-21-12-6-4-7-13-21)26(32)20-31(36(2,34)35)25-17-11-10-16-23(25)28/h4,6-7,10-13,16-17,22,24H,3,5,8-9,14-15,18-20H2,1-2H3,(H,29,33)/t24-/m0/s1. The molecule has 2 aromatic rings. The number of anilines is 1. The summed E-state index contributed by atoms with van der Waals surface area (Å²) >= 11 is 6.28. The highest BCUT2D eigenvalue weighted by molar-refractivity contribution is 7.92. The minimum atomic E-state index is -3.81. The molecule has 1 aliphatic rings. The third-order valence-corrected chi connectivity index (χ3v) is 8.07. The zero-order valence-corrected chi connectivity index (χ0v) is 22.6. The van der Waals surface area contributed by atoms with E-state index in [0.29, 0.717) is 19.4 Å². The Bertz CT molecular complexity index is 1120. The van der Waals surface area contributed by atoms with Crippen LogP contribution in [-0.4, -0.2) is 56.6 Å². The van der Waals surface area contributed by atoms with Gasteiger partial charge in [0.05, 0.1) is 17.0 Å². The second-order valence-electron chi connectivity index (χ2n) is 9.31. The molecule has 196 valence electrons. The molecule has 0 unspecified atom stereocenters. The fraction of sp³-hybridized carbons (Fsp3) is 0.481. The Labute approximate surface area is 219 Å². The monoisotopic (exact) mass is 533 g/mol.